The van der Waals surface area contributed by atoms with Gasteiger partial charge in [0.05, 0.1) is 13.1 Å². The molecule has 3 N–H and O–H groups in total. The number of carbonyl (C=O) groups is 5. The molecule has 1 saturated heterocycles. The quantitative estimate of drug-likeness (QED) is 0.277. The smallest absolute Gasteiger partial charge is 0.410 e. The molecule has 1 saturated carbocycles. The van der Waals surface area contributed by atoms with Gasteiger partial charge in [0.1, 0.15) is 35.1 Å². The summed E-state index contributed by atoms with van der Waals surface area (Å²) in [4.78, 5) is 77.3. The van der Waals surface area contributed by atoms with Crippen molar-refractivity contribution in [2.24, 2.45) is 5.92 Å². The number of hydrogen-bond donors (Lipinski definition) is 3. The zero-order chi connectivity index (χ0) is 38.8. The fourth-order valence-corrected chi connectivity index (χ4v) is 7.37. The minimum absolute atomic E-state index is 0.0265. The van der Waals surface area contributed by atoms with Gasteiger partial charge in [0, 0.05) is 24.4 Å². The summed E-state index contributed by atoms with van der Waals surface area (Å²) in [6.07, 6.45) is 5.01. The fraction of sp³-hybridized carbons (Fsp3) is 0.525. The molecule has 54 heavy (non-hydrogen) atoms. The zero-order valence-corrected chi connectivity index (χ0v) is 31.5. The molecular formula is C40H50FN5O8. The van der Waals surface area contributed by atoms with Gasteiger partial charge in [-0.05, 0) is 89.1 Å². The van der Waals surface area contributed by atoms with Crippen LogP contribution in [0.2, 0.25) is 0 Å². The van der Waals surface area contributed by atoms with Gasteiger partial charge in [-0.3, -0.25) is 19.3 Å². The molecule has 4 aliphatic rings. The Morgan fingerprint density at radius 1 is 1.02 bits per heavy atom. The number of aryl methyl sites for hydroxylation is 1. The highest BCUT2D eigenvalue weighted by molar-refractivity contribution is 5.98. The number of alkyl carbamates (subject to hydrolysis) is 1. The number of fused-ring (bicyclic) bond motifs is 3. The summed E-state index contributed by atoms with van der Waals surface area (Å²) in [6, 6.07) is 7.98. The summed E-state index contributed by atoms with van der Waals surface area (Å²) in [5.41, 5.74) is 3.30. The van der Waals surface area contributed by atoms with Gasteiger partial charge in [0.2, 0.25) is 11.8 Å². The Bertz CT molecular complexity index is 1830. The Hall–Kier alpha value is -5.14. The van der Waals surface area contributed by atoms with Gasteiger partial charge in [-0.15, -0.1) is 0 Å². The Kier molecular flexibility index (Phi) is 11.2. The molecule has 5 atom stereocenters. The van der Waals surface area contributed by atoms with E-state index in [4.69, 9.17) is 14.3 Å². The highest BCUT2D eigenvalue weighted by Gasteiger charge is 2.61. The third kappa shape index (κ3) is 8.63. The van der Waals surface area contributed by atoms with Crippen LogP contribution in [0.4, 0.5) is 14.0 Å². The molecule has 2 aromatic rings. The van der Waals surface area contributed by atoms with Gasteiger partial charge in [-0.2, -0.15) is 5.48 Å². The maximum Gasteiger partial charge on any atom is 0.410 e. The maximum atomic E-state index is 14.5. The third-order valence-corrected chi connectivity index (χ3v) is 10.6. The maximum absolute atomic E-state index is 14.5. The number of carbonyl (C=O) groups excluding carboxylic acids is 5. The number of rotatable bonds is 5. The number of nitrogens with zero attached hydrogens (tertiary/aromatic N) is 2. The Labute approximate surface area is 314 Å². The van der Waals surface area contributed by atoms with E-state index in [1.807, 2.05) is 38.1 Å². The standard InChI is InChI=1S/C40H50FN5O8/c1-24-13-11-18-33(25(24)2)54-44-36(49)40-20-27(40)15-9-7-6-8-10-17-31(42-37(50)53-39(3,4)5)35(48)46-22-28(19-32(46)34(47)43-40)52-38(51)45-21-26-14-12-16-30(41)29(26)23-45/h9,11-16,18,27-28,31-32H,6-8,10,17,19-23H2,1-5H3,(H,42,50)(H,43,47)(H,44,49)/b15-9-/t27-,28+,31-,32-,40+/m0/s1. The van der Waals surface area contributed by atoms with Crippen LogP contribution < -0.4 is 21.0 Å². The summed E-state index contributed by atoms with van der Waals surface area (Å²) in [6.45, 7) is 9.01. The summed E-state index contributed by atoms with van der Waals surface area (Å²) in [5, 5.41) is 5.66. The van der Waals surface area contributed by atoms with E-state index < -0.39 is 65.1 Å². The molecule has 0 unspecified atom stereocenters. The number of benzene rings is 2. The van der Waals surface area contributed by atoms with Crippen LogP contribution in [0, 0.1) is 25.6 Å². The van der Waals surface area contributed by atoms with Gasteiger partial charge in [-0.1, -0.05) is 49.3 Å². The number of hydroxylamine groups is 1. The van der Waals surface area contributed by atoms with Crippen LogP contribution in [0.1, 0.15) is 88.0 Å². The summed E-state index contributed by atoms with van der Waals surface area (Å²) in [5.74, 6) is -1.95. The van der Waals surface area contributed by atoms with Crippen molar-refractivity contribution in [3.05, 3.63) is 76.6 Å². The number of halogens is 1. The lowest BCUT2D eigenvalue weighted by molar-refractivity contribution is -0.142. The molecule has 3 heterocycles. The molecule has 0 radical (unpaired) electrons. The van der Waals surface area contributed by atoms with Crippen molar-refractivity contribution in [1.82, 2.24) is 25.9 Å². The van der Waals surface area contributed by atoms with Crippen LogP contribution in [-0.4, -0.2) is 75.6 Å². The van der Waals surface area contributed by atoms with E-state index in [2.05, 4.69) is 16.1 Å². The minimum Gasteiger partial charge on any atom is -0.444 e. The van der Waals surface area contributed by atoms with Gasteiger partial charge in [0.15, 0.2) is 5.75 Å². The first-order chi connectivity index (χ1) is 25.6. The van der Waals surface area contributed by atoms with Crippen LogP contribution >= 0.6 is 0 Å². The molecule has 290 valence electrons. The molecule has 2 fully saturated rings. The zero-order valence-electron chi connectivity index (χ0n) is 31.5. The van der Waals surface area contributed by atoms with E-state index in [1.165, 1.54) is 15.9 Å². The fourth-order valence-electron chi connectivity index (χ4n) is 7.37. The van der Waals surface area contributed by atoms with E-state index in [-0.39, 0.29) is 32.0 Å². The molecule has 3 aliphatic heterocycles. The molecule has 13 nitrogen and oxygen atoms in total. The number of nitrogens with one attached hydrogen (secondary N) is 3. The van der Waals surface area contributed by atoms with Crippen molar-refractivity contribution >= 4 is 29.9 Å². The normalized spacial score (nSPS) is 26.2. The SMILES string of the molecule is Cc1cccc(ONC(=O)[C@@]23C[C@@H]2/C=C\CCCCC[C@H](NC(=O)OC(C)(C)C)C(=O)N2C[C@H](OC(=O)N4Cc5cccc(F)c5C4)C[C@H]2C(=O)N3)c1C. The molecule has 0 spiro atoms. The summed E-state index contributed by atoms with van der Waals surface area (Å²) < 4.78 is 25.8. The molecule has 0 bridgehead atoms. The summed E-state index contributed by atoms with van der Waals surface area (Å²) in [7, 11) is 0. The first-order valence-electron chi connectivity index (χ1n) is 18.7. The van der Waals surface area contributed by atoms with Gasteiger partial charge in [-0.25, -0.2) is 14.0 Å². The molecule has 5 amide bonds. The van der Waals surface area contributed by atoms with Crippen molar-refractivity contribution in [3.63, 3.8) is 0 Å². The second kappa shape index (κ2) is 15.7. The van der Waals surface area contributed by atoms with E-state index in [0.717, 1.165) is 30.4 Å². The molecule has 1 aliphatic carbocycles. The molecule has 2 aromatic carbocycles. The van der Waals surface area contributed by atoms with Crippen molar-refractivity contribution < 1.29 is 42.7 Å². The lowest BCUT2D eigenvalue weighted by Gasteiger charge is -2.30. The van der Waals surface area contributed by atoms with Crippen molar-refractivity contribution in [2.45, 2.75) is 122 Å². The number of ether oxygens (including phenoxy) is 2. The van der Waals surface area contributed by atoms with Crippen LogP contribution in [0.15, 0.2) is 48.6 Å². The van der Waals surface area contributed by atoms with E-state index >= 15 is 0 Å². The highest BCUT2D eigenvalue weighted by atomic mass is 19.1. The Balaban J connectivity index is 1.24. The minimum atomic E-state index is -1.35. The summed E-state index contributed by atoms with van der Waals surface area (Å²) >= 11 is 0. The molecule has 0 aromatic heterocycles. The Morgan fingerprint density at radius 3 is 2.56 bits per heavy atom. The van der Waals surface area contributed by atoms with Crippen LogP contribution in [-0.2, 0) is 36.9 Å². The van der Waals surface area contributed by atoms with Gasteiger partial charge < -0.3 is 29.8 Å². The van der Waals surface area contributed by atoms with E-state index in [0.29, 0.717) is 36.1 Å². The molecule has 14 heteroatoms. The topological polar surface area (TPSA) is 156 Å². The van der Waals surface area contributed by atoms with Crippen molar-refractivity contribution in [1.29, 1.82) is 0 Å². The van der Waals surface area contributed by atoms with E-state index in [1.54, 1.807) is 39.0 Å². The van der Waals surface area contributed by atoms with Crippen LogP contribution in [0.3, 0.4) is 0 Å². The van der Waals surface area contributed by atoms with Gasteiger partial charge in [0.25, 0.3) is 5.91 Å². The Morgan fingerprint density at radius 2 is 1.80 bits per heavy atom. The monoisotopic (exact) mass is 747 g/mol. The first-order valence-corrected chi connectivity index (χ1v) is 18.7. The van der Waals surface area contributed by atoms with Gasteiger partial charge >= 0.3 is 12.2 Å². The predicted octanol–water partition coefficient (Wildman–Crippen LogP) is 5.26. The first kappa shape index (κ1) is 38.6. The largest absolute Gasteiger partial charge is 0.444 e. The lowest BCUT2D eigenvalue weighted by atomic mass is 10.0. The van der Waals surface area contributed by atoms with Crippen molar-refractivity contribution in [3.8, 4) is 5.75 Å². The lowest BCUT2D eigenvalue weighted by Crippen LogP contribution is -2.58. The second-order valence-electron chi connectivity index (χ2n) is 15.7. The molecule has 6 rings (SSSR count). The van der Waals surface area contributed by atoms with Crippen LogP contribution in [0.5, 0.6) is 5.75 Å². The third-order valence-electron chi connectivity index (χ3n) is 10.6. The van der Waals surface area contributed by atoms with Crippen LogP contribution in [0.25, 0.3) is 0 Å². The predicted molar refractivity (Wildman–Crippen MR) is 195 cm³/mol. The highest BCUT2D eigenvalue weighted by Crippen LogP contribution is 2.45. The van der Waals surface area contributed by atoms with E-state index in [9.17, 15) is 28.4 Å². The average Bonchev–Trinajstić information content (AvgIpc) is 3.40. The average molecular weight is 748 g/mol. The van der Waals surface area contributed by atoms with Crippen molar-refractivity contribution in [2.75, 3.05) is 6.54 Å². The number of hydrogen-bond acceptors (Lipinski definition) is 8. The number of allylic oxidation sites excluding steroid dienone is 1. The number of amides is 5. The second-order valence-corrected chi connectivity index (χ2v) is 15.7. The molecular weight excluding hydrogens is 697 g/mol.